The van der Waals surface area contributed by atoms with E-state index in [-0.39, 0.29) is 5.84 Å². The fourth-order valence-electron chi connectivity index (χ4n) is 1.32. The van der Waals surface area contributed by atoms with Gasteiger partial charge in [-0.3, -0.25) is 5.41 Å². The Balaban J connectivity index is 2.70. The van der Waals surface area contributed by atoms with Crippen LogP contribution in [0.15, 0.2) is 18.3 Å². The molecule has 5 heteroatoms. The quantitative estimate of drug-likeness (QED) is 0.558. The number of nitrogens with zero attached hydrogens (tertiary/aromatic N) is 3. The summed E-state index contributed by atoms with van der Waals surface area (Å²) in [4.78, 5) is 2.08. The summed E-state index contributed by atoms with van der Waals surface area (Å²) < 4.78 is 0. The second-order valence-electron chi connectivity index (χ2n) is 3.64. The minimum Gasteiger partial charge on any atom is -0.388 e. The van der Waals surface area contributed by atoms with Gasteiger partial charge in [0, 0.05) is 25.2 Å². The van der Waals surface area contributed by atoms with E-state index in [2.05, 4.69) is 28.9 Å². The third-order valence-corrected chi connectivity index (χ3v) is 2.10. The lowest BCUT2D eigenvalue weighted by Crippen LogP contribution is -2.34. The zero-order valence-electron chi connectivity index (χ0n) is 9.14. The molecule has 5 nitrogen and oxygen atoms in total. The van der Waals surface area contributed by atoms with Crippen molar-refractivity contribution in [3.8, 4) is 0 Å². The van der Waals surface area contributed by atoms with E-state index in [9.17, 15) is 0 Å². The second-order valence-corrected chi connectivity index (χ2v) is 3.64. The van der Waals surface area contributed by atoms with Crippen LogP contribution in [0.5, 0.6) is 0 Å². The van der Waals surface area contributed by atoms with E-state index in [1.807, 2.05) is 12.1 Å². The number of aromatic nitrogens is 2. The molecule has 0 bridgehead atoms. The molecule has 82 valence electrons. The molecule has 0 spiro atoms. The molecule has 0 amide bonds. The van der Waals surface area contributed by atoms with Crippen LogP contribution < -0.4 is 10.6 Å². The van der Waals surface area contributed by atoms with Crippen molar-refractivity contribution in [1.29, 1.82) is 5.41 Å². The highest BCUT2D eigenvalue weighted by Crippen LogP contribution is 2.12. The lowest BCUT2D eigenvalue weighted by Gasteiger charge is -2.26. The van der Waals surface area contributed by atoms with Crippen molar-refractivity contribution in [2.45, 2.75) is 26.3 Å². The Hall–Kier alpha value is -1.65. The Morgan fingerprint density at radius 1 is 1.60 bits per heavy atom. The largest absolute Gasteiger partial charge is 0.388 e. The Kier molecular flexibility index (Phi) is 4.03. The summed E-state index contributed by atoms with van der Waals surface area (Å²) in [6, 6.07) is 4.08. The van der Waals surface area contributed by atoms with Gasteiger partial charge in [-0.25, -0.2) is 0 Å². The number of nitrogens with two attached hydrogens (primary N) is 1. The van der Waals surface area contributed by atoms with Crippen LogP contribution in [-0.4, -0.2) is 28.6 Å². The number of anilines is 1. The molecule has 0 aliphatic carbocycles. The minimum atomic E-state index is 0.199. The Bertz CT molecular complexity index is 309. The van der Waals surface area contributed by atoms with Crippen molar-refractivity contribution in [2.24, 2.45) is 5.73 Å². The Labute approximate surface area is 89.8 Å². The lowest BCUT2D eigenvalue weighted by atomic mass is 10.2. The number of amidine groups is 1. The monoisotopic (exact) mass is 207 g/mol. The van der Waals surface area contributed by atoms with Gasteiger partial charge in [0.25, 0.3) is 0 Å². The van der Waals surface area contributed by atoms with Crippen LogP contribution in [0.3, 0.4) is 0 Å². The third kappa shape index (κ3) is 3.53. The number of rotatable bonds is 5. The number of hydrogen-bond acceptors (Lipinski definition) is 4. The van der Waals surface area contributed by atoms with Gasteiger partial charge in [0.15, 0.2) is 5.82 Å². The molecule has 1 aromatic heterocycles. The average Bonchev–Trinajstić information content (AvgIpc) is 2.18. The second kappa shape index (κ2) is 5.29. The molecule has 0 radical (unpaired) electrons. The van der Waals surface area contributed by atoms with Crippen LogP contribution in [0.4, 0.5) is 5.82 Å². The van der Waals surface area contributed by atoms with Crippen molar-refractivity contribution < 1.29 is 0 Å². The van der Waals surface area contributed by atoms with E-state index in [1.54, 1.807) is 6.20 Å². The molecule has 1 aromatic rings. The molecular weight excluding hydrogens is 190 g/mol. The zero-order valence-corrected chi connectivity index (χ0v) is 9.14. The molecule has 0 fully saturated rings. The van der Waals surface area contributed by atoms with Crippen LogP contribution in [-0.2, 0) is 0 Å². The van der Waals surface area contributed by atoms with Gasteiger partial charge in [-0.15, -0.1) is 5.10 Å². The summed E-state index contributed by atoms with van der Waals surface area (Å²) in [5.41, 5.74) is 5.34. The molecule has 0 unspecified atom stereocenters. The predicted molar refractivity (Wildman–Crippen MR) is 61.0 cm³/mol. The van der Waals surface area contributed by atoms with E-state index < -0.39 is 0 Å². The van der Waals surface area contributed by atoms with Crippen LogP contribution in [0.1, 0.15) is 20.3 Å². The van der Waals surface area contributed by atoms with Crippen LogP contribution in [0.25, 0.3) is 0 Å². The van der Waals surface area contributed by atoms with E-state index in [1.165, 1.54) is 0 Å². The Morgan fingerprint density at radius 2 is 2.33 bits per heavy atom. The fraction of sp³-hybridized carbons (Fsp3) is 0.500. The summed E-state index contributed by atoms with van der Waals surface area (Å²) in [5.74, 6) is 1.03. The lowest BCUT2D eigenvalue weighted by molar-refractivity contribution is 0.672. The molecule has 0 aliphatic heterocycles. The topological polar surface area (TPSA) is 78.9 Å². The molecule has 0 saturated carbocycles. The molecule has 1 heterocycles. The van der Waals surface area contributed by atoms with Crippen molar-refractivity contribution in [3.05, 3.63) is 18.3 Å². The van der Waals surface area contributed by atoms with Gasteiger partial charge in [-0.2, -0.15) is 5.10 Å². The van der Waals surface area contributed by atoms with Gasteiger partial charge in [0.05, 0.1) is 5.84 Å². The van der Waals surface area contributed by atoms with E-state index in [0.29, 0.717) is 19.0 Å². The first-order chi connectivity index (χ1) is 7.11. The van der Waals surface area contributed by atoms with Crippen LogP contribution in [0.2, 0.25) is 0 Å². The highest BCUT2D eigenvalue weighted by molar-refractivity contribution is 5.77. The summed E-state index contributed by atoms with van der Waals surface area (Å²) in [7, 11) is 0. The van der Waals surface area contributed by atoms with Crippen molar-refractivity contribution in [2.75, 3.05) is 11.4 Å². The van der Waals surface area contributed by atoms with Gasteiger partial charge in [0.1, 0.15) is 0 Å². The molecule has 0 atom stereocenters. The van der Waals surface area contributed by atoms with Crippen molar-refractivity contribution >= 4 is 11.7 Å². The maximum atomic E-state index is 7.21. The SMILES string of the molecule is CC(C)N(CCC(=N)N)c1cccnn1. The highest BCUT2D eigenvalue weighted by Gasteiger charge is 2.11. The number of hydrogen-bond donors (Lipinski definition) is 2. The first-order valence-corrected chi connectivity index (χ1v) is 4.98. The fourth-order valence-corrected chi connectivity index (χ4v) is 1.32. The molecule has 0 saturated heterocycles. The third-order valence-electron chi connectivity index (χ3n) is 2.10. The summed E-state index contributed by atoms with van der Waals surface area (Å²) >= 11 is 0. The highest BCUT2D eigenvalue weighted by atomic mass is 15.3. The van der Waals surface area contributed by atoms with Gasteiger partial charge < -0.3 is 10.6 Å². The minimum absolute atomic E-state index is 0.199. The predicted octanol–water partition coefficient (Wildman–Crippen LogP) is 1.02. The molecule has 0 aliphatic rings. The average molecular weight is 207 g/mol. The smallest absolute Gasteiger partial charge is 0.151 e. The van der Waals surface area contributed by atoms with Crippen molar-refractivity contribution in [1.82, 2.24) is 10.2 Å². The first kappa shape index (κ1) is 11.4. The van der Waals surface area contributed by atoms with E-state index in [0.717, 1.165) is 5.82 Å². The Morgan fingerprint density at radius 3 is 2.80 bits per heavy atom. The van der Waals surface area contributed by atoms with Gasteiger partial charge in [-0.1, -0.05) is 0 Å². The summed E-state index contributed by atoms with van der Waals surface area (Å²) in [6.45, 7) is 4.86. The van der Waals surface area contributed by atoms with Gasteiger partial charge >= 0.3 is 0 Å². The molecular formula is C10H17N5. The normalized spacial score (nSPS) is 10.3. The molecule has 1 rings (SSSR count). The van der Waals surface area contributed by atoms with Crippen LogP contribution >= 0.6 is 0 Å². The standard InChI is InChI=1S/C10H17N5/c1-8(2)15(7-5-9(11)12)10-4-3-6-13-14-10/h3-4,6,8H,5,7H2,1-2H3,(H3,11,12). The van der Waals surface area contributed by atoms with E-state index in [4.69, 9.17) is 11.1 Å². The maximum absolute atomic E-state index is 7.21. The summed E-state index contributed by atoms with van der Waals surface area (Å²) in [5, 5.41) is 15.1. The van der Waals surface area contributed by atoms with Crippen LogP contribution in [0, 0.1) is 5.41 Å². The van der Waals surface area contributed by atoms with Gasteiger partial charge in [-0.05, 0) is 26.0 Å². The number of nitrogens with one attached hydrogen (secondary N) is 1. The first-order valence-electron chi connectivity index (χ1n) is 4.98. The van der Waals surface area contributed by atoms with Gasteiger partial charge in [0.2, 0.25) is 0 Å². The van der Waals surface area contributed by atoms with Crippen molar-refractivity contribution in [3.63, 3.8) is 0 Å². The summed E-state index contributed by atoms with van der Waals surface area (Å²) in [6.07, 6.45) is 2.20. The molecule has 0 aromatic carbocycles. The van der Waals surface area contributed by atoms with E-state index >= 15 is 0 Å². The molecule has 15 heavy (non-hydrogen) atoms. The molecule has 3 N–H and O–H groups in total. The zero-order chi connectivity index (χ0) is 11.3. The maximum Gasteiger partial charge on any atom is 0.151 e.